The smallest absolute Gasteiger partial charge is 0.263 e. The SMILES string of the molecule is O=C(c1ccccc1NS(=O)(=O)c1ccc(F)cc1Cl)N1CCOCC1. The molecule has 0 unspecified atom stereocenters. The number of nitrogens with one attached hydrogen (secondary N) is 1. The highest BCUT2D eigenvalue weighted by atomic mass is 35.5. The molecule has 9 heteroatoms. The number of anilines is 1. The molecule has 1 aliphatic rings. The summed E-state index contributed by atoms with van der Waals surface area (Å²) in [4.78, 5) is 14.0. The maximum absolute atomic E-state index is 13.2. The van der Waals surface area contributed by atoms with Crippen LogP contribution in [0.25, 0.3) is 0 Å². The Morgan fingerprint density at radius 2 is 1.85 bits per heavy atom. The minimum Gasteiger partial charge on any atom is -0.378 e. The molecule has 1 N–H and O–H groups in total. The molecule has 2 aromatic rings. The van der Waals surface area contributed by atoms with Crippen LogP contribution in [-0.2, 0) is 14.8 Å². The fraction of sp³-hybridized carbons (Fsp3) is 0.235. The number of halogens is 2. The largest absolute Gasteiger partial charge is 0.378 e. The Morgan fingerprint density at radius 1 is 1.15 bits per heavy atom. The van der Waals surface area contributed by atoms with Crippen molar-refractivity contribution in [3.05, 3.63) is 58.9 Å². The minimum absolute atomic E-state index is 0.129. The topological polar surface area (TPSA) is 75.7 Å². The molecule has 6 nitrogen and oxygen atoms in total. The van der Waals surface area contributed by atoms with Crippen LogP contribution in [0.2, 0.25) is 5.02 Å². The fourth-order valence-electron chi connectivity index (χ4n) is 2.59. The van der Waals surface area contributed by atoms with E-state index in [0.717, 1.165) is 18.2 Å². The molecule has 0 spiro atoms. The highest BCUT2D eigenvalue weighted by molar-refractivity contribution is 7.92. The quantitative estimate of drug-likeness (QED) is 0.859. The number of benzene rings is 2. The average molecular weight is 399 g/mol. The number of carbonyl (C=O) groups excluding carboxylic acids is 1. The van der Waals surface area contributed by atoms with Crippen LogP contribution < -0.4 is 4.72 Å². The van der Waals surface area contributed by atoms with E-state index < -0.39 is 15.8 Å². The van der Waals surface area contributed by atoms with Crippen molar-refractivity contribution in [2.45, 2.75) is 4.90 Å². The second-order valence-corrected chi connectivity index (χ2v) is 7.69. The summed E-state index contributed by atoms with van der Waals surface area (Å²) in [5.74, 6) is -0.936. The maximum atomic E-state index is 13.2. The Bertz CT molecular complexity index is 930. The van der Waals surface area contributed by atoms with Crippen molar-refractivity contribution in [3.8, 4) is 0 Å². The summed E-state index contributed by atoms with van der Waals surface area (Å²) in [5.41, 5.74) is 0.348. The first-order valence-corrected chi connectivity index (χ1v) is 9.68. The van der Waals surface area contributed by atoms with Gasteiger partial charge in [0.25, 0.3) is 15.9 Å². The van der Waals surface area contributed by atoms with Gasteiger partial charge in [-0.1, -0.05) is 23.7 Å². The third kappa shape index (κ3) is 3.98. The number of hydrogen-bond donors (Lipinski definition) is 1. The van der Waals surface area contributed by atoms with E-state index in [1.807, 2.05) is 0 Å². The van der Waals surface area contributed by atoms with Crippen molar-refractivity contribution in [3.63, 3.8) is 0 Å². The number of ether oxygens (including phenoxy) is 1. The summed E-state index contributed by atoms with van der Waals surface area (Å²) < 4.78 is 46.0. The first kappa shape index (κ1) is 18.6. The molecular weight excluding hydrogens is 383 g/mol. The Balaban J connectivity index is 1.91. The number of carbonyl (C=O) groups is 1. The maximum Gasteiger partial charge on any atom is 0.263 e. The molecule has 0 bridgehead atoms. The van der Waals surface area contributed by atoms with Crippen LogP contribution in [0.15, 0.2) is 47.4 Å². The molecule has 2 aromatic carbocycles. The van der Waals surface area contributed by atoms with Gasteiger partial charge < -0.3 is 9.64 Å². The van der Waals surface area contributed by atoms with Gasteiger partial charge in [-0.05, 0) is 30.3 Å². The van der Waals surface area contributed by atoms with Gasteiger partial charge in [0.05, 0.1) is 29.5 Å². The first-order chi connectivity index (χ1) is 12.4. The molecule has 138 valence electrons. The Hall–Kier alpha value is -2.16. The molecule has 1 saturated heterocycles. The predicted octanol–water partition coefficient (Wildman–Crippen LogP) is 2.75. The number of morpholine rings is 1. The van der Waals surface area contributed by atoms with Crippen LogP contribution in [0.4, 0.5) is 10.1 Å². The molecule has 0 atom stereocenters. The minimum atomic E-state index is -4.09. The highest BCUT2D eigenvalue weighted by Gasteiger charge is 2.24. The normalized spacial score (nSPS) is 14.9. The van der Waals surface area contributed by atoms with E-state index in [4.69, 9.17) is 16.3 Å². The zero-order valence-electron chi connectivity index (χ0n) is 13.6. The van der Waals surface area contributed by atoms with Crippen molar-refractivity contribution >= 4 is 33.2 Å². The summed E-state index contributed by atoms with van der Waals surface area (Å²) in [6, 6.07) is 9.29. The van der Waals surface area contributed by atoms with E-state index >= 15 is 0 Å². The van der Waals surface area contributed by atoms with Gasteiger partial charge in [0, 0.05) is 13.1 Å². The van der Waals surface area contributed by atoms with Crippen molar-refractivity contribution in [1.29, 1.82) is 0 Å². The molecule has 3 rings (SSSR count). The lowest BCUT2D eigenvalue weighted by molar-refractivity contribution is 0.0303. The van der Waals surface area contributed by atoms with E-state index in [1.54, 1.807) is 23.1 Å². The lowest BCUT2D eigenvalue weighted by Crippen LogP contribution is -2.41. The molecule has 0 radical (unpaired) electrons. The number of hydrogen-bond acceptors (Lipinski definition) is 4. The summed E-state index contributed by atoms with van der Waals surface area (Å²) in [7, 11) is -4.09. The second kappa shape index (κ2) is 7.61. The number of sulfonamides is 1. The third-order valence-corrected chi connectivity index (χ3v) is 5.73. The average Bonchev–Trinajstić information content (AvgIpc) is 2.61. The highest BCUT2D eigenvalue weighted by Crippen LogP contribution is 2.26. The molecular formula is C17H16ClFN2O4S. The van der Waals surface area contributed by atoms with Crippen LogP contribution in [0, 0.1) is 5.82 Å². The standard InChI is InChI=1S/C17H16ClFN2O4S/c18-14-11-12(19)5-6-16(14)26(23,24)20-15-4-2-1-3-13(15)17(22)21-7-9-25-10-8-21/h1-6,11,20H,7-10H2. The van der Waals surface area contributed by atoms with Gasteiger partial charge in [-0.3, -0.25) is 9.52 Å². The molecule has 1 fully saturated rings. The summed E-state index contributed by atoms with van der Waals surface area (Å²) >= 11 is 5.86. The summed E-state index contributed by atoms with van der Waals surface area (Å²) in [6.45, 7) is 1.74. The van der Waals surface area contributed by atoms with Gasteiger partial charge in [-0.15, -0.1) is 0 Å². The molecule has 0 aliphatic carbocycles. The van der Waals surface area contributed by atoms with Crippen molar-refractivity contribution < 1.29 is 22.3 Å². The molecule has 0 saturated carbocycles. The second-order valence-electron chi connectivity index (χ2n) is 5.63. The van der Waals surface area contributed by atoms with E-state index in [2.05, 4.69) is 4.72 Å². The van der Waals surface area contributed by atoms with E-state index in [-0.39, 0.29) is 27.1 Å². The first-order valence-electron chi connectivity index (χ1n) is 7.82. The number of para-hydroxylation sites is 1. The van der Waals surface area contributed by atoms with Crippen LogP contribution in [-0.4, -0.2) is 45.5 Å². The van der Waals surface area contributed by atoms with Crippen molar-refractivity contribution in [1.82, 2.24) is 4.90 Å². The Morgan fingerprint density at radius 3 is 2.54 bits per heavy atom. The van der Waals surface area contributed by atoms with Crippen LogP contribution in [0.1, 0.15) is 10.4 Å². The van der Waals surface area contributed by atoms with Crippen LogP contribution in [0.5, 0.6) is 0 Å². The van der Waals surface area contributed by atoms with Gasteiger partial charge in [-0.25, -0.2) is 12.8 Å². The van der Waals surface area contributed by atoms with Crippen molar-refractivity contribution in [2.75, 3.05) is 31.0 Å². The zero-order valence-corrected chi connectivity index (χ0v) is 15.2. The Labute approximate surface area is 155 Å². The van der Waals surface area contributed by atoms with Gasteiger partial charge in [0.2, 0.25) is 0 Å². The van der Waals surface area contributed by atoms with Gasteiger partial charge in [0.15, 0.2) is 0 Å². The van der Waals surface area contributed by atoms with Gasteiger partial charge >= 0.3 is 0 Å². The third-order valence-electron chi connectivity index (χ3n) is 3.88. The monoisotopic (exact) mass is 398 g/mol. The molecule has 1 aliphatic heterocycles. The van der Waals surface area contributed by atoms with Crippen molar-refractivity contribution in [2.24, 2.45) is 0 Å². The van der Waals surface area contributed by atoms with Crippen LogP contribution in [0.3, 0.4) is 0 Å². The van der Waals surface area contributed by atoms with E-state index in [1.165, 1.54) is 6.07 Å². The zero-order chi connectivity index (χ0) is 18.7. The number of amides is 1. The molecule has 26 heavy (non-hydrogen) atoms. The van der Waals surface area contributed by atoms with E-state index in [9.17, 15) is 17.6 Å². The number of nitrogens with zero attached hydrogens (tertiary/aromatic N) is 1. The fourth-order valence-corrected chi connectivity index (χ4v) is 4.20. The molecule has 0 aromatic heterocycles. The van der Waals surface area contributed by atoms with E-state index in [0.29, 0.717) is 26.3 Å². The van der Waals surface area contributed by atoms with Gasteiger partial charge in [-0.2, -0.15) is 0 Å². The summed E-state index contributed by atoms with van der Waals surface area (Å²) in [5, 5.41) is -0.241. The lowest BCUT2D eigenvalue weighted by Gasteiger charge is -2.27. The Kier molecular flexibility index (Phi) is 5.45. The summed E-state index contributed by atoms with van der Waals surface area (Å²) in [6.07, 6.45) is 0. The van der Waals surface area contributed by atoms with Gasteiger partial charge in [0.1, 0.15) is 10.7 Å². The molecule has 1 heterocycles. The predicted molar refractivity (Wildman–Crippen MR) is 95.4 cm³/mol. The number of rotatable bonds is 4. The van der Waals surface area contributed by atoms with Crippen LogP contribution >= 0.6 is 11.6 Å². The molecule has 1 amide bonds. The lowest BCUT2D eigenvalue weighted by atomic mass is 10.1.